The van der Waals surface area contributed by atoms with Crippen LogP contribution in [0.5, 0.6) is 0 Å². The van der Waals surface area contributed by atoms with E-state index in [2.05, 4.69) is 15.4 Å². The van der Waals surface area contributed by atoms with Crippen LogP contribution < -0.4 is 5.32 Å². The molecule has 0 saturated heterocycles. The summed E-state index contributed by atoms with van der Waals surface area (Å²) in [6, 6.07) is 0.405. The second kappa shape index (κ2) is 4.45. The zero-order valence-corrected chi connectivity index (χ0v) is 10.1. The van der Waals surface area contributed by atoms with E-state index in [0.717, 1.165) is 11.4 Å². The standard InChI is InChI=1S/C13H18N4/c1-14-12(7-10-3-2-4-10)11-8-16-17-6-5-15-9-13(11)17/h5-6,8-10,12,14H,2-4,7H2,1H3. The second-order valence-corrected chi connectivity index (χ2v) is 4.88. The Hall–Kier alpha value is -1.42. The largest absolute Gasteiger partial charge is 0.313 e. The molecule has 1 aliphatic carbocycles. The van der Waals surface area contributed by atoms with Gasteiger partial charge in [-0.3, -0.25) is 4.98 Å². The minimum absolute atomic E-state index is 0.405. The Morgan fingerprint density at radius 1 is 1.47 bits per heavy atom. The molecule has 0 amide bonds. The van der Waals surface area contributed by atoms with Crippen molar-refractivity contribution in [2.45, 2.75) is 31.7 Å². The maximum atomic E-state index is 4.38. The lowest BCUT2D eigenvalue weighted by atomic mass is 9.80. The van der Waals surface area contributed by atoms with Crippen molar-refractivity contribution in [3.8, 4) is 0 Å². The molecule has 0 radical (unpaired) electrons. The van der Waals surface area contributed by atoms with E-state index in [-0.39, 0.29) is 0 Å². The van der Waals surface area contributed by atoms with Crippen molar-refractivity contribution in [3.63, 3.8) is 0 Å². The molecule has 1 N–H and O–H groups in total. The van der Waals surface area contributed by atoms with Crippen molar-refractivity contribution >= 4 is 5.52 Å². The van der Waals surface area contributed by atoms with Crippen LogP contribution in [0.4, 0.5) is 0 Å². The highest BCUT2D eigenvalue weighted by Gasteiger charge is 2.23. The molecule has 1 atom stereocenters. The quantitative estimate of drug-likeness (QED) is 0.875. The molecule has 3 rings (SSSR count). The SMILES string of the molecule is CNC(CC1CCC1)c1cnn2ccncc12. The third kappa shape index (κ3) is 1.93. The van der Waals surface area contributed by atoms with Crippen molar-refractivity contribution in [1.29, 1.82) is 0 Å². The number of nitrogens with zero attached hydrogens (tertiary/aromatic N) is 3. The van der Waals surface area contributed by atoms with Crippen LogP contribution in [-0.2, 0) is 0 Å². The summed E-state index contributed by atoms with van der Waals surface area (Å²) in [4.78, 5) is 4.19. The summed E-state index contributed by atoms with van der Waals surface area (Å²) >= 11 is 0. The second-order valence-electron chi connectivity index (χ2n) is 4.88. The van der Waals surface area contributed by atoms with E-state index in [1.165, 1.54) is 31.2 Å². The average Bonchev–Trinajstić information content (AvgIpc) is 2.72. The van der Waals surface area contributed by atoms with Crippen molar-refractivity contribution in [1.82, 2.24) is 19.9 Å². The van der Waals surface area contributed by atoms with Crippen molar-refractivity contribution in [2.24, 2.45) is 5.92 Å². The lowest BCUT2D eigenvalue weighted by Gasteiger charge is -2.29. The first-order chi connectivity index (χ1) is 8.38. The van der Waals surface area contributed by atoms with Gasteiger partial charge in [-0.1, -0.05) is 19.3 Å². The highest BCUT2D eigenvalue weighted by molar-refractivity contribution is 5.53. The first kappa shape index (κ1) is 10.7. The molecule has 0 bridgehead atoms. The molecule has 2 heterocycles. The van der Waals surface area contributed by atoms with Crippen molar-refractivity contribution in [2.75, 3.05) is 7.05 Å². The van der Waals surface area contributed by atoms with Crippen LogP contribution in [0.25, 0.3) is 5.52 Å². The maximum absolute atomic E-state index is 4.38. The third-order valence-electron chi connectivity index (χ3n) is 3.87. The van der Waals surface area contributed by atoms with Gasteiger partial charge in [0.25, 0.3) is 0 Å². The van der Waals surface area contributed by atoms with Crippen LogP contribution in [0.1, 0.15) is 37.3 Å². The summed E-state index contributed by atoms with van der Waals surface area (Å²) in [6.45, 7) is 0. The molecule has 2 aromatic heterocycles. The van der Waals surface area contributed by atoms with E-state index in [9.17, 15) is 0 Å². The lowest BCUT2D eigenvalue weighted by Crippen LogP contribution is -2.23. The zero-order chi connectivity index (χ0) is 11.7. The van der Waals surface area contributed by atoms with E-state index in [1.54, 1.807) is 6.20 Å². The monoisotopic (exact) mass is 230 g/mol. The first-order valence-electron chi connectivity index (χ1n) is 6.33. The summed E-state index contributed by atoms with van der Waals surface area (Å²) < 4.78 is 1.90. The molecule has 1 unspecified atom stereocenters. The molecule has 17 heavy (non-hydrogen) atoms. The zero-order valence-electron chi connectivity index (χ0n) is 10.1. The molecular formula is C13H18N4. The number of fused-ring (bicyclic) bond motifs is 1. The van der Waals surface area contributed by atoms with E-state index in [4.69, 9.17) is 0 Å². The van der Waals surface area contributed by atoms with Gasteiger partial charge in [-0.25, -0.2) is 4.52 Å². The number of rotatable bonds is 4. The highest BCUT2D eigenvalue weighted by Crippen LogP contribution is 2.35. The predicted molar refractivity (Wildman–Crippen MR) is 66.7 cm³/mol. The minimum atomic E-state index is 0.405. The van der Waals surface area contributed by atoms with Gasteiger partial charge in [0.1, 0.15) is 0 Å². The molecule has 4 nitrogen and oxygen atoms in total. The first-order valence-corrected chi connectivity index (χ1v) is 6.33. The maximum Gasteiger partial charge on any atom is 0.0892 e. The number of hydrogen-bond donors (Lipinski definition) is 1. The fourth-order valence-corrected chi connectivity index (χ4v) is 2.58. The Bertz CT molecular complexity index is 501. The molecular weight excluding hydrogens is 212 g/mol. The van der Waals surface area contributed by atoms with Crippen molar-refractivity contribution in [3.05, 3.63) is 30.4 Å². The van der Waals surface area contributed by atoms with E-state index >= 15 is 0 Å². The predicted octanol–water partition coefficient (Wildman–Crippen LogP) is 2.18. The normalized spacial score (nSPS) is 18.2. The van der Waals surface area contributed by atoms with Crippen LogP contribution in [-0.4, -0.2) is 21.6 Å². The Balaban J connectivity index is 1.89. The van der Waals surface area contributed by atoms with Gasteiger partial charge in [-0.2, -0.15) is 5.10 Å². The number of nitrogens with one attached hydrogen (secondary N) is 1. The molecule has 0 aromatic carbocycles. The van der Waals surface area contributed by atoms with E-state index < -0.39 is 0 Å². The van der Waals surface area contributed by atoms with E-state index in [1.807, 2.05) is 30.2 Å². The molecule has 90 valence electrons. The highest BCUT2D eigenvalue weighted by atomic mass is 15.2. The van der Waals surface area contributed by atoms with Gasteiger partial charge in [0.15, 0.2) is 0 Å². The van der Waals surface area contributed by atoms with Gasteiger partial charge in [-0.05, 0) is 19.4 Å². The topological polar surface area (TPSA) is 42.2 Å². The van der Waals surface area contributed by atoms with Crippen LogP contribution in [0.3, 0.4) is 0 Å². The van der Waals surface area contributed by atoms with Gasteiger partial charge in [0.05, 0.1) is 17.9 Å². The molecule has 1 aliphatic rings. The average molecular weight is 230 g/mol. The molecule has 1 fully saturated rings. The van der Waals surface area contributed by atoms with Gasteiger partial charge in [-0.15, -0.1) is 0 Å². The lowest BCUT2D eigenvalue weighted by molar-refractivity contribution is 0.266. The van der Waals surface area contributed by atoms with Crippen LogP contribution in [0, 0.1) is 5.92 Å². The van der Waals surface area contributed by atoms with Crippen LogP contribution in [0.2, 0.25) is 0 Å². The molecule has 1 saturated carbocycles. The molecule has 2 aromatic rings. The van der Waals surface area contributed by atoms with Crippen molar-refractivity contribution < 1.29 is 0 Å². The van der Waals surface area contributed by atoms with Gasteiger partial charge >= 0.3 is 0 Å². The fourth-order valence-electron chi connectivity index (χ4n) is 2.58. The fraction of sp³-hybridized carbons (Fsp3) is 0.538. The Morgan fingerprint density at radius 2 is 2.35 bits per heavy atom. The molecule has 0 aliphatic heterocycles. The van der Waals surface area contributed by atoms with Gasteiger partial charge in [0, 0.05) is 24.0 Å². The summed E-state index contributed by atoms with van der Waals surface area (Å²) in [7, 11) is 2.03. The Kier molecular flexibility index (Phi) is 2.81. The summed E-state index contributed by atoms with van der Waals surface area (Å²) in [6.07, 6.45) is 12.9. The summed E-state index contributed by atoms with van der Waals surface area (Å²) in [5, 5.41) is 7.79. The Labute approximate surface area is 101 Å². The molecule has 0 spiro atoms. The minimum Gasteiger partial charge on any atom is -0.313 e. The summed E-state index contributed by atoms with van der Waals surface area (Å²) in [5.74, 6) is 0.888. The number of hydrogen-bond acceptors (Lipinski definition) is 3. The third-order valence-corrected chi connectivity index (χ3v) is 3.87. The number of aromatic nitrogens is 3. The van der Waals surface area contributed by atoms with E-state index in [0.29, 0.717) is 6.04 Å². The van der Waals surface area contributed by atoms with Gasteiger partial charge < -0.3 is 5.32 Å². The Morgan fingerprint density at radius 3 is 3.06 bits per heavy atom. The smallest absolute Gasteiger partial charge is 0.0892 e. The molecule has 4 heteroatoms. The summed E-state index contributed by atoms with van der Waals surface area (Å²) in [5.41, 5.74) is 2.39. The van der Waals surface area contributed by atoms with Crippen LogP contribution in [0.15, 0.2) is 24.8 Å². The van der Waals surface area contributed by atoms with Gasteiger partial charge in [0.2, 0.25) is 0 Å². The van der Waals surface area contributed by atoms with Crippen LogP contribution >= 0.6 is 0 Å².